The van der Waals surface area contributed by atoms with E-state index >= 15 is 0 Å². The Balaban J connectivity index is 2.21. The van der Waals surface area contributed by atoms with Crippen LogP contribution in [-0.4, -0.2) is 5.25 Å². The van der Waals surface area contributed by atoms with Crippen molar-refractivity contribution < 1.29 is 0 Å². The molecule has 0 bridgehead atoms. The topological polar surface area (TPSA) is 0 Å². The molecule has 20 heavy (non-hydrogen) atoms. The predicted molar refractivity (Wildman–Crippen MR) is 89.0 cm³/mol. The first-order chi connectivity index (χ1) is 9.73. The fraction of sp³-hybridized carbons (Fsp3) is 0.263. The standard InChI is InChI=1S/C19H20S/c1-15-13-14-16(2)20-19(15,17-9-5-3-6-10-17)18-11-7-4-8-12-18/h3-16H,1-2H3/t15-,16-/m0/s1. The number of allylic oxidation sites excluding steroid dienone is 1. The van der Waals surface area contributed by atoms with E-state index in [0.29, 0.717) is 11.2 Å². The molecule has 2 atom stereocenters. The molecule has 3 rings (SSSR count). The Labute approximate surface area is 125 Å². The highest BCUT2D eigenvalue weighted by Crippen LogP contribution is 2.53. The summed E-state index contributed by atoms with van der Waals surface area (Å²) in [6.07, 6.45) is 4.71. The van der Waals surface area contributed by atoms with Crippen LogP contribution in [0.15, 0.2) is 72.8 Å². The maximum Gasteiger partial charge on any atom is 0.0722 e. The van der Waals surface area contributed by atoms with E-state index in [1.807, 2.05) is 0 Å². The van der Waals surface area contributed by atoms with Gasteiger partial charge >= 0.3 is 0 Å². The van der Waals surface area contributed by atoms with E-state index in [0.717, 1.165) is 0 Å². The second-order valence-corrected chi connectivity index (χ2v) is 7.09. The van der Waals surface area contributed by atoms with Gasteiger partial charge in [-0.15, -0.1) is 11.8 Å². The minimum absolute atomic E-state index is 0.0245. The summed E-state index contributed by atoms with van der Waals surface area (Å²) in [6.45, 7) is 4.61. The van der Waals surface area contributed by atoms with Crippen LogP contribution in [0.1, 0.15) is 25.0 Å². The van der Waals surface area contributed by atoms with Gasteiger partial charge in [-0.1, -0.05) is 79.7 Å². The van der Waals surface area contributed by atoms with Gasteiger partial charge in [-0.2, -0.15) is 0 Å². The molecule has 1 aliphatic heterocycles. The van der Waals surface area contributed by atoms with Gasteiger partial charge in [0.05, 0.1) is 4.75 Å². The Kier molecular flexibility index (Phi) is 3.71. The van der Waals surface area contributed by atoms with Gasteiger partial charge < -0.3 is 0 Å². The highest BCUT2D eigenvalue weighted by molar-refractivity contribution is 8.01. The first-order valence-corrected chi connectivity index (χ1v) is 8.08. The zero-order valence-electron chi connectivity index (χ0n) is 12.0. The molecule has 0 amide bonds. The molecule has 0 aromatic heterocycles. The summed E-state index contributed by atoms with van der Waals surface area (Å²) in [5.74, 6) is 0.480. The number of hydrogen-bond acceptors (Lipinski definition) is 1. The van der Waals surface area contributed by atoms with Gasteiger partial charge in [0.15, 0.2) is 0 Å². The van der Waals surface area contributed by atoms with Crippen molar-refractivity contribution in [1.82, 2.24) is 0 Å². The quantitative estimate of drug-likeness (QED) is 0.676. The average molecular weight is 280 g/mol. The van der Waals surface area contributed by atoms with Crippen molar-refractivity contribution in [2.45, 2.75) is 23.8 Å². The third-order valence-electron chi connectivity index (χ3n) is 4.09. The zero-order chi connectivity index (χ0) is 14.0. The lowest BCUT2D eigenvalue weighted by molar-refractivity contribution is 0.561. The molecule has 102 valence electrons. The predicted octanol–water partition coefficient (Wildman–Crippen LogP) is 5.26. The van der Waals surface area contributed by atoms with Crippen LogP contribution >= 0.6 is 11.8 Å². The van der Waals surface area contributed by atoms with Gasteiger partial charge in [-0.25, -0.2) is 0 Å². The van der Waals surface area contributed by atoms with Gasteiger partial charge in [-0.3, -0.25) is 0 Å². The maximum atomic E-state index is 2.38. The van der Waals surface area contributed by atoms with Gasteiger partial charge in [0.1, 0.15) is 0 Å². The van der Waals surface area contributed by atoms with Crippen LogP contribution in [0.3, 0.4) is 0 Å². The van der Waals surface area contributed by atoms with Gasteiger partial charge in [-0.05, 0) is 24.0 Å². The van der Waals surface area contributed by atoms with Crippen LogP contribution < -0.4 is 0 Å². The van der Waals surface area contributed by atoms with Crippen molar-refractivity contribution >= 4 is 11.8 Å². The normalized spacial score (nSPS) is 24.5. The lowest BCUT2D eigenvalue weighted by Crippen LogP contribution is -2.34. The molecule has 1 heteroatoms. The summed E-state index contributed by atoms with van der Waals surface area (Å²) in [7, 11) is 0. The molecule has 2 aromatic carbocycles. The molecule has 2 aromatic rings. The zero-order valence-corrected chi connectivity index (χ0v) is 12.8. The summed E-state index contributed by atoms with van der Waals surface area (Å²) in [4.78, 5) is 0. The van der Waals surface area contributed by atoms with E-state index in [1.165, 1.54) is 11.1 Å². The Morgan fingerprint density at radius 2 is 1.25 bits per heavy atom. The Bertz CT molecular complexity index is 546. The van der Waals surface area contributed by atoms with Crippen molar-refractivity contribution in [1.29, 1.82) is 0 Å². The lowest BCUT2D eigenvalue weighted by atomic mass is 9.80. The van der Waals surface area contributed by atoms with Crippen molar-refractivity contribution in [3.63, 3.8) is 0 Å². The molecule has 0 fully saturated rings. The molecule has 0 saturated heterocycles. The fourth-order valence-electron chi connectivity index (χ4n) is 3.10. The smallest absolute Gasteiger partial charge is 0.0722 e. The molecule has 0 spiro atoms. The van der Waals surface area contributed by atoms with Gasteiger partial charge in [0.25, 0.3) is 0 Å². The largest absolute Gasteiger partial charge is 0.138 e. The summed E-state index contributed by atoms with van der Waals surface area (Å²) in [5, 5.41) is 0.534. The summed E-state index contributed by atoms with van der Waals surface area (Å²) in [5.41, 5.74) is 2.81. The molecule has 0 N–H and O–H groups in total. The highest BCUT2D eigenvalue weighted by Gasteiger charge is 2.42. The van der Waals surface area contributed by atoms with Crippen LogP contribution in [0, 0.1) is 5.92 Å². The van der Waals surface area contributed by atoms with Crippen LogP contribution in [0.2, 0.25) is 0 Å². The van der Waals surface area contributed by atoms with Crippen molar-refractivity contribution in [3.05, 3.63) is 83.9 Å². The van der Waals surface area contributed by atoms with Gasteiger partial charge in [0, 0.05) is 5.25 Å². The average Bonchev–Trinajstić information content (AvgIpc) is 2.51. The molecule has 0 radical (unpaired) electrons. The lowest BCUT2D eigenvalue weighted by Gasteiger charge is -2.42. The van der Waals surface area contributed by atoms with E-state index in [9.17, 15) is 0 Å². The molecule has 1 heterocycles. The number of thioether (sulfide) groups is 1. The second-order valence-electron chi connectivity index (χ2n) is 5.46. The van der Waals surface area contributed by atoms with Crippen molar-refractivity contribution in [3.8, 4) is 0 Å². The summed E-state index contributed by atoms with van der Waals surface area (Å²) >= 11 is 2.06. The molecule has 0 unspecified atom stereocenters. The van der Waals surface area contributed by atoms with E-state index in [1.54, 1.807) is 0 Å². The SMILES string of the molecule is C[C@H]1C=C[C@H](C)C(c2ccccc2)(c2ccccc2)S1. The number of benzene rings is 2. The van der Waals surface area contributed by atoms with Crippen LogP contribution in [0.4, 0.5) is 0 Å². The van der Waals surface area contributed by atoms with Crippen LogP contribution in [0.5, 0.6) is 0 Å². The second kappa shape index (κ2) is 5.49. The molecule has 1 aliphatic rings. The third-order valence-corrected chi connectivity index (χ3v) is 5.83. The molecule has 0 nitrogen and oxygen atoms in total. The first kappa shape index (κ1) is 13.5. The highest BCUT2D eigenvalue weighted by atomic mass is 32.2. The monoisotopic (exact) mass is 280 g/mol. The van der Waals surface area contributed by atoms with E-state index < -0.39 is 0 Å². The minimum atomic E-state index is 0.0245. The summed E-state index contributed by atoms with van der Waals surface area (Å²) < 4.78 is 0.0245. The summed E-state index contributed by atoms with van der Waals surface area (Å²) in [6, 6.07) is 21.9. The molecular formula is C19H20S. The third kappa shape index (κ3) is 2.20. The fourth-order valence-corrected chi connectivity index (χ4v) is 4.69. The Morgan fingerprint density at radius 1 is 0.750 bits per heavy atom. The molecule has 0 saturated carbocycles. The van der Waals surface area contributed by atoms with E-state index in [2.05, 4.69) is 98.4 Å². The van der Waals surface area contributed by atoms with Gasteiger partial charge in [0.2, 0.25) is 0 Å². The first-order valence-electron chi connectivity index (χ1n) is 7.20. The Hall–Kier alpha value is -1.47. The minimum Gasteiger partial charge on any atom is -0.138 e. The number of hydrogen-bond donors (Lipinski definition) is 0. The molecular weight excluding hydrogens is 260 g/mol. The molecule has 0 aliphatic carbocycles. The van der Waals surface area contributed by atoms with E-state index in [4.69, 9.17) is 0 Å². The van der Waals surface area contributed by atoms with Crippen molar-refractivity contribution in [2.24, 2.45) is 5.92 Å². The number of rotatable bonds is 2. The Morgan fingerprint density at radius 3 is 1.75 bits per heavy atom. The maximum absolute atomic E-state index is 2.38. The van der Waals surface area contributed by atoms with E-state index in [-0.39, 0.29) is 4.75 Å². The van der Waals surface area contributed by atoms with Crippen molar-refractivity contribution in [2.75, 3.05) is 0 Å². The van der Waals surface area contributed by atoms with Crippen LogP contribution in [-0.2, 0) is 4.75 Å². The van der Waals surface area contributed by atoms with Crippen LogP contribution in [0.25, 0.3) is 0 Å².